The molecular formula is C16H15ClN2O2. The molecule has 2 amide bonds. The number of ketones is 1. The molecule has 2 aromatic rings. The van der Waals surface area contributed by atoms with Crippen LogP contribution in [0.5, 0.6) is 0 Å². The largest absolute Gasteiger partial charge is 0.334 e. The fraction of sp³-hybridized carbons (Fsp3) is 0.125. The Bertz CT molecular complexity index is 654. The van der Waals surface area contributed by atoms with Crippen molar-refractivity contribution in [3.05, 3.63) is 64.7 Å². The molecule has 0 saturated carbocycles. The van der Waals surface area contributed by atoms with Gasteiger partial charge in [0, 0.05) is 22.8 Å². The highest BCUT2D eigenvalue weighted by Crippen LogP contribution is 2.14. The summed E-state index contributed by atoms with van der Waals surface area (Å²) >= 11 is 6.01. The molecule has 0 saturated heterocycles. The Morgan fingerprint density at radius 2 is 1.71 bits per heavy atom. The van der Waals surface area contributed by atoms with E-state index in [9.17, 15) is 9.59 Å². The van der Waals surface area contributed by atoms with Gasteiger partial charge in [-0.2, -0.15) is 0 Å². The molecule has 0 aliphatic rings. The standard InChI is InChI=1S/C16H15ClN2O2/c1-11(20)12-6-8-14(9-7-12)19-16(21)18-10-13-4-2-3-5-15(13)17/h2-9H,10H2,1H3,(H2,18,19,21). The summed E-state index contributed by atoms with van der Waals surface area (Å²) in [5, 5.41) is 6.03. The monoisotopic (exact) mass is 302 g/mol. The minimum absolute atomic E-state index is 0.00952. The van der Waals surface area contributed by atoms with E-state index in [4.69, 9.17) is 11.6 Å². The molecule has 0 fully saturated rings. The smallest absolute Gasteiger partial charge is 0.319 e. The lowest BCUT2D eigenvalue weighted by atomic mass is 10.1. The van der Waals surface area contributed by atoms with Gasteiger partial charge in [0.25, 0.3) is 0 Å². The number of halogens is 1. The number of benzene rings is 2. The van der Waals surface area contributed by atoms with Gasteiger partial charge in [0.1, 0.15) is 0 Å². The van der Waals surface area contributed by atoms with Crippen LogP contribution in [0.2, 0.25) is 5.02 Å². The Morgan fingerprint density at radius 3 is 2.33 bits per heavy atom. The predicted octanol–water partition coefficient (Wildman–Crippen LogP) is 3.86. The molecule has 2 N–H and O–H groups in total. The second-order valence-corrected chi connectivity index (χ2v) is 4.94. The maximum Gasteiger partial charge on any atom is 0.319 e. The van der Waals surface area contributed by atoms with Crippen molar-refractivity contribution >= 4 is 29.1 Å². The topological polar surface area (TPSA) is 58.2 Å². The number of rotatable bonds is 4. The van der Waals surface area contributed by atoms with Crippen LogP contribution in [0.4, 0.5) is 10.5 Å². The van der Waals surface area contributed by atoms with E-state index >= 15 is 0 Å². The number of urea groups is 1. The molecule has 21 heavy (non-hydrogen) atoms. The molecule has 0 aliphatic carbocycles. The first-order valence-electron chi connectivity index (χ1n) is 6.45. The third kappa shape index (κ3) is 4.33. The molecule has 108 valence electrons. The summed E-state index contributed by atoms with van der Waals surface area (Å²) in [4.78, 5) is 22.9. The van der Waals surface area contributed by atoms with Gasteiger partial charge >= 0.3 is 6.03 Å². The van der Waals surface area contributed by atoms with E-state index in [0.29, 0.717) is 22.8 Å². The van der Waals surface area contributed by atoms with Crippen molar-refractivity contribution in [2.45, 2.75) is 13.5 Å². The van der Waals surface area contributed by atoms with E-state index in [-0.39, 0.29) is 11.8 Å². The number of hydrogen-bond acceptors (Lipinski definition) is 2. The molecular weight excluding hydrogens is 288 g/mol. The predicted molar refractivity (Wildman–Crippen MR) is 83.8 cm³/mol. The van der Waals surface area contributed by atoms with Crippen molar-refractivity contribution in [3.8, 4) is 0 Å². The van der Waals surface area contributed by atoms with Crippen LogP contribution in [0.25, 0.3) is 0 Å². The van der Waals surface area contributed by atoms with Crippen molar-refractivity contribution in [3.63, 3.8) is 0 Å². The first-order valence-corrected chi connectivity index (χ1v) is 6.83. The van der Waals surface area contributed by atoms with Crippen molar-refractivity contribution in [2.24, 2.45) is 0 Å². The van der Waals surface area contributed by atoms with Crippen LogP contribution in [0, 0.1) is 0 Å². The summed E-state index contributed by atoms with van der Waals surface area (Å²) < 4.78 is 0. The van der Waals surface area contributed by atoms with Crippen LogP contribution in [0.15, 0.2) is 48.5 Å². The average Bonchev–Trinajstić information content (AvgIpc) is 2.47. The van der Waals surface area contributed by atoms with Gasteiger partial charge in [-0.1, -0.05) is 29.8 Å². The highest BCUT2D eigenvalue weighted by atomic mass is 35.5. The number of amides is 2. The van der Waals surface area contributed by atoms with Crippen LogP contribution < -0.4 is 10.6 Å². The van der Waals surface area contributed by atoms with E-state index < -0.39 is 0 Å². The van der Waals surface area contributed by atoms with Crippen molar-refractivity contribution < 1.29 is 9.59 Å². The van der Waals surface area contributed by atoms with Gasteiger partial charge in [0.05, 0.1) is 0 Å². The summed E-state index contributed by atoms with van der Waals surface area (Å²) in [6, 6.07) is 13.7. The summed E-state index contributed by atoms with van der Waals surface area (Å²) in [5.41, 5.74) is 2.08. The zero-order valence-corrected chi connectivity index (χ0v) is 12.3. The number of hydrogen-bond donors (Lipinski definition) is 2. The summed E-state index contributed by atoms with van der Waals surface area (Å²) in [5.74, 6) is -0.00952. The van der Waals surface area contributed by atoms with Crippen LogP contribution >= 0.6 is 11.6 Å². The average molecular weight is 303 g/mol. The normalized spacial score (nSPS) is 10.0. The minimum atomic E-state index is -0.328. The van der Waals surface area contributed by atoms with Crippen molar-refractivity contribution in [1.29, 1.82) is 0 Å². The van der Waals surface area contributed by atoms with E-state index in [0.717, 1.165) is 5.56 Å². The molecule has 0 spiro atoms. The van der Waals surface area contributed by atoms with Crippen LogP contribution in [0.3, 0.4) is 0 Å². The number of anilines is 1. The Hall–Kier alpha value is -2.33. The Balaban J connectivity index is 1.90. The Kier molecular flexibility index (Phi) is 4.95. The first-order chi connectivity index (χ1) is 10.1. The fourth-order valence-electron chi connectivity index (χ4n) is 1.78. The van der Waals surface area contributed by atoms with Crippen molar-refractivity contribution in [1.82, 2.24) is 5.32 Å². The molecule has 0 aliphatic heterocycles. The highest BCUT2D eigenvalue weighted by molar-refractivity contribution is 6.31. The molecule has 0 unspecified atom stereocenters. The molecule has 4 nitrogen and oxygen atoms in total. The fourth-order valence-corrected chi connectivity index (χ4v) is 1.98. The number of nitrogens with one attached hydrogen (secondary N) is 2. The lowest BCUT2D eigenvalue weighted by Crippen LogP contribution is -2.28. The van der Waals surface area contributed by atoms with E-state index in [2.05, 4.69) is 10.6 Å². The number of carbonyl (C=O) groups excluding carboxylic acids is 2. The molecule has 0 aromatic heterocycles. The molecule has 5 heteroatoms. The van der Waals surface area contributed by atoms with Crippen LogP contribution in [0.1, 0.15) is 22.8 Å². The lowest BCUT2D eigenvalue weighted by Gasteiger charge is -2.09. The van der Waals surface area contributed by atoms with Gasteiger partial charge < -0.3 is 10.6 Å². The summed E-state index contributed by atoms with van der Waals surface area (Å²) in [6.07, 6.45) is 0. The lowest BCUT2D eigenvalue weighted by molar-refractivity contribution is 0.101. The summed E-state index contributed by atoms with van der Waals surface area (Å²) in [7, 11) is 0. The van der Waals surface area contributed by atoms with Gasteiger partial charge in [0.15, 0.2) is 5.78 Å². The van der Waals surface area contributed by atoms with Crippen molar-refractivity contribution in [2.75, 3.05) is 5.32 Å². The molecule has 0 bridgehead atoms. The first kappa shape index (κ1) is 15.1. The van der Waals surface area contributed by atoms with E-state index in [1.54, 1.807) is 30.3 Å². The maximum absolute atomic E-state index is 11.8. The second-order valence-electron chi connectivity index (χ2n) is 4.53. The zero-order valence-electron chi connectivity index (χ0n) is 11.5. The Morgan fingerprint density at radius 1 is 1.05 bits per heavy atom. The van der Waals surface area contributed by atoms with Gasteiger partial charge in [0.2, 0.25) is 0 Å². The Labute approximate surface area is 128 Å². The van der Waals surface area contributed by atoms with Crippen LogP contribution in [-0.4, -0.2) is 11.8 Å². The highest BCUT2D eigenvalue weighted by Gasteiger charge is 2.04. The van der Waals surface area contributed by atoms with Crippen LogP contribution in [-0.2, 0) is 6.54 Å². The van der Waals surface area contributed by atoms with Gasteiger partial charge in [-0.05, 0) is 42.8 Å². The number of carbonyl (C=O) groups is 2. The SMILES string of the molecule is CC(=O)c1ccc(NC(=O)NCc2ccccc2Cl)cc1. The maximum atomic E-state index is 11.8. The van der Waals surface area contributed by atoms with Gasteiger partial charge in [-0.3, -0.25) is 4.79 Å². The molecule has 0 heterocycles. The van der Waals surface area contributed by atoms with E-state index in [1.807, 2.05) is 18.2 Å². The van der Waals surface area contributed by atoms with Gasteiger partial charge in [-0.25, -0.2) is 4.79 Å². The molecule has 0 atom stereocenters. The quantitative estimate of drug-likeness (QED) is 0.842. The second kappa shape index (κ2) is 6.90. The zero-order chi connectivity index (χ0) is 15.2. The molecule has 0 radical (unpaired) electrons. The van der Waals surface area contributed by atoms with Gasteiger partial charge in [-0.15, -0.1) is 0 Å². The minimum Gasteiger partial charge on any atom is -0.334 e. The third-order valence-electron chi connectivity index (χ3n) is 2.95. The molecule has 2 rings (SSSR count). The molecule has 2 aromatic carbocycles. The number of Topliss-reactive ketones (excluding diaryl/α,β-unsaturated/α-hetero) is 1. The van der Waals surface area contributed by atoms with E-state index in [1.165, 1.54) is 6.92 Å². The summed E-state index contributed by atoms with van der Waals surface area (Å²) in [6.45, 7) is 1.84. The third-order valence-corrected chi connectivity index (χ3v) is 3.32.